The van der Waals surface area contributed by atoms with Crippen molar-refractivity contribution in [3.63, 3.8) is 0 Å². The average molecular weight is 338 g/mol. The Balaban J connectivity index is 1.52. The van der Waals surface area contributed by atoms with Crippen molar-refractivity contribution in [2.24, 2.45) is 0 Å². The van der Waals surface area contributed by atoms with Gasteiger partial charge in [-0.2, -0.15) is 0 Å². The quantitative estimate of drug-likeness (QED) is 0.935. The van der Waals surface area contributed by atoms with Gasteiger partial charge in [0.25, 0.3) is 0 Å². The van der Waals surface area contributed by atoms with Crippen molar-refractivity contribution in [2.45, 2.75) is 25.4 Å². The number of methoxy groups -OCH3 is 2. The van der Waals surface area contributed by atoms with Gasteiger partial charge in [-0.3, -0.25) is 4.79 Å². The minimum Gasteiger partial charge on any atom is -0.493 e. The maximum atomic E-state index is 13.0. The van der Waals surface area contributed by atoms with Crippen molar-refractivity contribution in [1.29, 1.82) is 0 Å². The summed E-state index contributed by atoms with van der Waals surface area (Å²) in [5.74, 6) is 1.62. The molecular weight excluding hydrogens is 316 g/mol. The highest BCUT2D eigenvalue weighted by molar-refractivity contribution is 5.87. The maximum Gasteiger partial charge on any atom is 0.245 e. The Morgan fingerprint density at radius 3 is 2.52 bits per heavy atom. The number of hydrogen-bond acceptors (Lipinski definition) is 4. The summed E-state index contributed by atoms with van der Waals surface area (Å²) in [7, 11) is 3.28. The van der Waals surface area contributed by atoms with E-state index in [9.17, 15) is 4.79 Å². The summed E-state index contributed by atoms with van der Waals surface area (Å²) in [6.07, 6.45) is 1.59. The number of hydrogen-bond donors (Lipinski definition) is 1. The highest BCUT2D eigenvalue weighted by Crippen LogP contribution is 2.34. The first-order chi connectivity index (χ1) is 12.2. The van der Waals surface area contributed by atoms with E-state index in [1.165, 1.54) is 11.1 Å². The van der Waals surface area contributed by atoms with Gasteiger partial charge in [0.2, 0.25) is 5.91 Å². The second-order valence-corrected chi connectivity index (χ2v) is 6.54. The lowest BCUT2D eigenvalue weighted by Crippen LogP contribution is -2.44. The lowest BCUT2D eigenvalue weighted by molar-refractivity contribution is -0.132. The molecule has 0 bridgehead atoms. The number of fused-ring (bicyclic) bond motifs is 2. The van der Waals surface area contributed by atoms with Crippen LogP contribution >= 0.6 is 0 Å². The molecule has 2 aromatic rings. The number of benzene rings is 2. The summed E-state index contributed by atoms with van der Waals surface area (Å²) in [4.78, 5) is 14.9. The molecule has 4 rings (SSSR count). The third kappa shape index (κ3) is 2.80. The fourth-order valence-corrected chi connectivity index (χ4v) is 3.74. The monoisotopic (exact) mass is 338 g/mol. The summed E-state index contributed by atoms with van der Waals surface area (Å²) in [6, 6.07) is 12.0. The number of amides is 1. The van der Waals surface area contributed by atoms with Crippen LogP contribution in [0, 0.1) is 0 Å². The molecule has 0 radical (unpaired) electrons. The SMILES string of the molecule is COc1cc2c(cc1OC)CN(C(=O)C1Cc3ccccc3N1)CC2. The van der Waals surface area contributed by atoms with Gasteiger partial charge in [-0.15, -0.1) is 0 Å². The molecule has 2 aliphatic rings. The summed E-state index contributed by atoms with van der Waals surface area (Å²) in [5.41, 5.74) is 4.64. The number of carbonyl (C=O) groups excluding carboxylic acids is 1. The predicted octanol–water partition coefficient (Wildman–Crippen LogP) is 2.63. The highest BCUT2D eigenvalue weighted by Gasteiger charge is 2.32. The standard InChI is InChI=1S/C20H22N2O3/c1-24-18-10-13-7-8-22(12-15(13)11-19(18)25-2)20(23)17-9-14-5-3-4-6-16(14)21-17/h3-6,10-11,17,21H,7-9,12H2,1-2H3. The van der Waals surface area contributed by atoms with Gasteiger partial charge in [-0.25, -0.2) is 0 Å². The Morgan fingerprint density at radius 1 is 1.08 bits per heavy atom. The third-order valence-corrected chi connectivity index (χ3v) is 5.10. The Labute approximate surface area is 147 Å². The number of nitrogens with zero attached hydrogens (tertiary/aromatic N) is 1. The molecule has 2 heterocycles. The van der Waals surface area contributed by atoms with Gasteiger partial charge in [0, 0.05) is 25.2 Å². The number of rotatable bonds is 3. The van der Waals surface area contributed by atoms with Gasteiger partial charge in [-0.05, 0) is 41.3 Å². The first-order valence-electron chi connectivity index (χ1n) is 8.56. The largest absolute Gasteiger partial charge is 0.493 e. The van der Waals surface area contributed by atoms with Crippen molar-refractivity contribution >= 4 is 11.6 Å². The van der Waals surface area contributed by atoms with Crippen LogP contribution in [0.4, 0.5) is 5.69 Å². The topological polar surface area (TPSA) is 50.8 Å². The summed E-state index contributed by atoms with van der Waals surface area (Å²) < 4.78 is 10.8. The van der Waals surface area contributed by atoms with Gasteiger partial charge in [0.15, 0.2) is 11.5 Å². The van der Waals surface area contributed by atoms with Gasteiger partial charge in [-0.1, -0.05) is 18.2 Å². The van der Waals surface area contributed by atoms with Gasteiger partial charge < -0.3 is 19.7 Å². The molecule has 0 aliphatic carbocycles. The molecule has 1 N–H and O–H groups in total. The second-order valence-electron chi connectivity index (χ2n) is 6.54. The zero-order chi connectivity index (χ0) is 17.4. The first kappa shape index (κ1) is 15.8. The van der Waals surface area contributed by atoms with Crippen LogP contribution in [0.1, 0.15) is 16.7 Å². The fraction of sp³-hybridized carbons (Fsp3) is 0.350. The van der Waals surface area contributed by atoms with E-state index < -0.39 is 0 Å². The van der Waals surface area contributed by atoms with Crippen LogP contribution in [0.25, 0.3) is 0 Å². The van der Waals surface area contributed by atoms with Gasteiger partial charge >= 0.3 is 0 Å². The number of para-hydroxylation sites is 1. The molecule has 5 nitrogen and oxygen atoms in total. The molecule has 1 amide bonds. The zero-order valence-corrected chi connectivity index (χ0v) is 14.5. The van der Waals surface area contributed by atoms with E-state index >= 15 is 0 Å². The highest BCUT2D eigenvalue weighted by atomic mass is 16.5. The smallest absolute Gasteiger partial charge is 0.245 e. The fourth-order valence-electron chi connectivity index (χ4n) is 3.74. The number of nitrogens with one attached hydrogen (secondary N) is 1. The maximum absolute atomic E-state index is 13.0. The van der Waals surface area contributed by atoms with E-state index in [0.29, 0.717) is 12.3 Å². The minimum absolute atomic E-state index is 0.164. The van der Waals surface area contributed by atoms with E-state index in [1.54, 1.807) is 14.2 Å². The molecule has 5 heteroatoms. The van der Waals surface area contributed by atoms with E-state index in [0.717, 1.165) is 36.4 Å². The molecule has 0 saturated heterocycles. The minimum atomic E-state index is -0.168. The molecule has 2 aliphatic heterocycles. The third-order valence-electron chi connectivity index (χ3n) is 5.10. The van der Waals surface area contributed by atoms with Gasteiger partial charge in [0.1, 0.15) is 6.04 Å². The number of ether oxygens (including phenoxy) is 2. The lowest BCUT2D eigenvalue weighted by atomic mass is 9.98. The molecule has 130 valence electrons. The molecule has 2 aromatic carbocycles. The van der Waals surface area contributed by atoms with Crippen molar-refractivity contribution in [3.05, 3.63) is 53.1 Å². The Morgan fingerprint density at radius 2 is 1.80 bits per heavy atom. The molecule has 25 heavy (non-hydrogen) atoms. The summed E-state index contributed by atoms with van der Waals surface area (Å²) in [6.45, 7) is 1.35. The van der Waals surface area contributed by atoms with Crippen molar-refractivity contribution < 1.29 is 14.3 Å². The van der Waals surface area contributed by atoms with Crippen LogP contribution in [-0.4, -0.2) is 37.6 Å². The van der Waals surface area contributed by atoms with Crippen molar-refractivity contribution in [1.82, 2.24) is 4.90 Å². The Bertz CT molecular complexity index is 794. The summed E-state index contributed by atoms with van der Waals surface area (Å²) >= 11 is 0. The van der Waals surface area contributed by atoms with Crippen LogP contribution in [0.2, 0.25) is 0 Å². The van der Waals surface area contributed by atoms with Crippen molar-refractivity contribution in [2.75, 3.05) is 26.1 Å². The molecule has 0 saturated carbocycles. The van der Waals surface area contributed by atoms with E-state index in [4.69, 9.17) is 9.47 Å². The van der Waals surface area contributed by atoms with Crippen LogP contribution < -0.4 is 14.8 Å². The van der Waals surface area contributed by atoms with Crippen molar-refractivity contribution in [3.8, 4) is 11.5 Å². The summed E-state index contributed by atoms with van der Waals surface area (Å²) in [5, 5.41) is 3.36. The lowest BCUT2D eigenvalue weighted by Gasteiger charge is -2.31. The van der Waals surface area contributed by atoms with Gasteiger partial charge in [0.05, 0.1) is 14.2 Å². The van der Waals surface area contributed by atoms with E-state index in [1.807, 2.05) is 35.2 Å². The molecule has 0 spiro atoms. The van der Waals surface area contributed by atoms with Crippen LogP contribution in [0.15, 0.2) is 36.4 Å². The molecule has 1 atom stereocenters. The second kappa shape index (κ2) is 6.31. The van der Waals surface area contributed by atoms with E-state index in [2.05, 4.69) is 11.4 Å². The zero-order valence-electron chi connectivity index (χ0n) is 14.5. The van der Waals surface area contributed by atoms with Crippen LogP contribution in [-0.2, 0) is 24.2 Å². The average Bonchev–Trinajstić information content (AvgIpc) is 3.10. The molecule has 0 aromatic heterocycles. The number of carbonyl (C=O) groups is 1. The first-order valence-corrected chi connectivity index (χ1v) is 8.56. The van der Waals surface area contributed by atoms with E-state index in [-0.39, 0.29) is 11.9 Å². The molecule has 0 fully saturated rings. The molecular formula is C20H22N2O3. The van der Waals surface area contributed by atoms with Crippen LogP contribution in [0.3, 0.4) is 0 Å². The van der Waals surface area contributed by atoms with Crippen LogP contribution in [0.5, 0.6) is 11.5 Å². The predicted molar refractivity (Wildman–Crippen MR) is 96.2 cm³/mol. The molecule has 1 unspecified atom stereocenters. The Kier molecular flexibility index (Phi) is 3.99. The number of anilines is 1. The Hall–Kier alpha value is -2.69. The normalized spacial score (nSPS) is 18.2.